The first kappa shape index (κ1) is 23.9. The van der Waals surface area contributed by atoms with Crippen molar-refractivity contribution in [1.29, 1.82) is 0 Å². The maximum atomic E-state index is 12.8. The molecule has 0 amide bonds. The van der Waals surface area contributed by atoms with Crippen molar-refractivity contribution in [1.82, 2.24) is 4.98 Å². The molecule has 0 radical (unpaired) electrons. The number of Topliss-reactive ketones (excluding diaryl/α,β-unsaturated/α-hetero) is 2. The van der Waals surface area contributed by atoms with Crippen LogP contribution in [0.25, 0.3) is 11.3 Å². The molecule has 3 aromatic rings. The van der Waals surface area contributed by atoms with E-state index in [9.17, 15) is 9.59 Å². The highest BCUT2D eigenvalue weighted by atomic mass is 16.5. The zero-order valence-electron chi connectivity index (χ0n) is 19.0. The first-order chi connectivity index (χ1) is 16.0. The number of rotatable bonds is 11. The molecular formula is C26H27NO6. The van der Waals surface area contributed by atoms with Gasteiger partial charge in [0.1, 0.15) is 23.7 Å². The van der Waals surface area contributed by atoms with E-state index < -0.39 is 0 Å². The second kappa shape index (κ2) is 11.2. The Hall–Kier alpha value is -3.71. The van der Waals surface area contributed by atoms with Crippen LogP contribution in [0.5, 0.6) is 17.2 Å². The molecule has 2 aromatic carbocycles. The molecule has 0 aliphatic carbocycles. The van der Waals surface area contributed by atoms with Crippen molar-refractivity contribution in [2.24, 2.45) is 0 Å². The van der Waals surface area contributed by atoms with Gasteiger partial charge in [0.2, 0.25) is 0 Å². The van der Waals surface area contributed by atoms with Gasteiger partial charge in [-0.3, -0.25) is 9.59 Å². The number of aromatic nitrogens is 1. The summed E-state index contributed by atoms with van der Waals surface area (Å²) in [6, 6.07) is 15.9. The van der Waals surface area contributed by atoms with E-state index in [2.05, 4.69) is 4.98 Å². The van der Waals surface area contributed by atoms with Crippen LogP contribution in [0.3, 0.4) is 0 Å². The molecule has 172 valence electrons. The third-order valence-corrected chi connectivity index (χ3v) is 5.10. The van der Waals surface area contributed by atoms with Gasteiger partial charge in [-0.25, -0.2) is 4.98 Å². The third-order valence-electron chi connectivity index (χ3n) is 5.10. The summed E-state index contributed by atoms with van der Waals surface area (Å²) < 4.78 is 16.1. The molecule has 0 saturated heterocycles. The first-order valence-corrected chi connectivity index (χ1v) is 10.6. The SMILES string of the molecule is COc1cc(C(=O)CCC(=O)c2ccc(OC)c(-c3ccc(C)cc3)n2)ccc1OCCO. The summed E-state index contributed by atoms with van der Waals surface area (Å²) in [4.78, 5) is 30.0. The first-order valence-electron chi connectivity index (χ1n) is 10.6. The molecule has 0 saturated carbocycles. The lowest BCUT2D eigenvalue weighted by Gasteiger charge is -2.11. The molecule has 7 heteroatoms. The fourth-order valence-electron chi connectivity index (χ4n) is 3.30. The summed E-state index contributed by atoms with van der Waals surface area (Å²) in [5, 5.41) is 8.91. The Kier molecular flexibility index (Phi) is 8.16. The average molecular weight is 450 g/mol. The van der Waals surface area contributed by atoms with Crippen molar-refractivity contribution in [2.45, 2.75) is 19.8 Å². The molecule has 1 heterocycles. The van der Waals surface area contributed by atoms with Crippen LogP contribution < -0.4 is 14.2 Å². The van der Waals surface area contributed by atoms with E-state index in [0.717, 1.165) is 11.1 Å². The normalized spacial score (nSPS) is 10.5. The number of carbonyl (C=O) groups is 2. The Morgan fingerprint density at radius 1 is 0.848 bits per heavy atom. The van der Waals surface area contributed by atoms with Gasteiger partial charge in [0.15, 0.2) is 23.1 Å². The van der Waals surface area contributed by atoms with Crippen LogP contribution in [0.1, 0.15) is 39.3 Å². The van der Waals surface area contributed by atoms with Crippen molar-refractivity contribution in [3.05, 3.63) is 71.4 Å². The molecule has 0 aliphatic rings. The number of methoxy groups -OCH3 is 2. The molecule has 3 rings (SSSR count). The van der Waals surface area contributed by atoms with E-state index in [-0.39, 0.29) is 43.3 Å². The van der Waals surface area contributed by atoms with Crippen LogP contribution in [0.2, 0.25) is 0 Å². The molecule has 0 fully saturated rings. The average Bonchev–Trinajstić information content (AvgIpc) is 2.85. The minimum absolute atomic E-state index is 0.0244. The number of nitrogens with zero attached hydrogens (tertiary/aromatic N) is 1. The smallest absolute Gasteiger partial charge is 0.181 e. The fourth-order valence-corrected chi connectivity index (χ4v) is 3.30. The zero-order chi connectivity index (χ0) is 23.8. The standard InChI is InChI=1S/C26H27NO6/c1-17-4-6-18(7-5-17)26-24(31-2)13-9-20(27-26)22(30)11-10-21(29)19-8-12-23(33-15-14-28)25(16-19)32-3/h4-9,12-13,16,28H,10-11,14-15H2,1-3H3. The Labute approximate surface area is 193 Å². The number of aryl methyl sites for hydroxylation is 1. The third kappa shape index (κ3) is 5.96. The Balaban J connectivity index is 1.72. The number of benzene rings is 2. The molecule has 0 unspecified atom stereocenters. The zero-order valence-corrected chi connectivity index (χ0v) is 19.0. The Bertz CT molecular complexity index is 1120. The van der Waals surface area contributed by atoms with Gasteiger partial charge in [-0.1, -0.05) is 29.8 Å². The van der Waals surface area contributed by atoms with Gasteiger partial charge in [-0.2, -0.15) is 0 Å². The summed E-state index contributed by atoms with van der Waals surface area (Å²) in [5.41, 5.74) is 3.24. The molecule has 0 aliphatic heterocycles. The van der Waals surface area contributed by atoms with E-state index in [1.165, 1.54) is 7.11 Å². The molecule has 7 nitrogen and oxygen atoms in total. The number of hydrogen-bond donors (Lipinski definition) is 1. The second-order valence-electron chi connectivity index (χ2n) is 7.40. The molecule has 0 bridgehead atoms. The lowest BCUT2D eigenvalue weighted by molar-refractivity contribution is 0.0914. The number of aliphatic hydroxyl groups is 1. The summed E-state index contributed by atoms with van der Waals surface area (Å²) in [6.45, 7) is 1.99. The van der Waals surface area contributed by atoms with Crippen LogP contribution in [0.4, 0.5) is 0 Å². The van der Waals surface area contributed by atoms with E-state index in [4.69, 9.17) is 19.3 Å². The number of carbonyl (C=O) groups excluding carboxylic acids is 2. The quantitative estimate of drug-likeness (QED) is 0.436. The summed E-state index contributed by atoms with van der Waals surface area (Å²) in [6.07, 6.45) is 0.0585. The second-order valence-corrected chi connectivity index (χ2v) is 7.40. The van der Waals surface area contributed by atoms with Crippen LogP contribution in [-0.4, -0.2) is 49.1 Å². The molecule has 33 heavy (non-hydrogen) atoms. The molecule has 0 atom stereocenters. The Morgan fingerprint density at radius 2 is 1.52 bits per heavy atom. The van der Waals surface area contributed by atoms with Gasteiger partial charge >= 0.3 is 0 Å². The van der Waals surface area contributed by atoms with Crippen molar-refractivity contribution >= 4 is 11.6 Å². The number of ether oxygens (including phenoxy) is 3. The highest BCUT2D eigenvalue weighted by molar-refractivity contribution is 6.02. The number of pyridine rings is 1. The van der Waals surface area contributed by atoms with Gasteiger partial charge in [0, 0.05) is 24.0 Å². The molecular weight excluding hydrogens is 422 g/mol. The van der Waals surface area contributed by atoms with Crippen LogP contribution in [0, 0.1) is 6.92 Å². The van der Waals surface area contributed by atoms with Crippen molar-refractivity contribution in [3.63, 3.8) is 0 Å². The van der Waals surface area contributed by atoms with Crippen LogP contribution >= 0.6 is 0 Å². The topological polar surface area (TPSA) is 95.0 Å². The highest BCUT2D eigenvalue weighted by Crippen LogP contribution is 2.30. The molecule has 1 aromatic heterocycles. The molecule has 1 N–H and O–H groups in total. The van der Waals surface area contributed by atoms with Crippen LogP contribution in [-0.2, 0) is 0 Å². The highest BCUT2D eigenvalue weighted by Gasteiger charge is 2.17. The predicted molar refractivity (Wildman–Crippen MR) is 124 cm³/mol. The van der Waals surface area contributed by atoms with E-state index in [1.807, 2.05) is 31.2 Å². The van der Waals surface area contributed by atoms with Crippen molar-refractivity contribution < 1.29 is 28.9 Å². The number of ketones is 2. The van der Waals surface area contributed by atoms with E-state index in [0.29, 0.717) is 28.5 Å². The summed E-state index contributed by atoms with van der Waals surface area (Å²) >= 11 is 0. The monoisotopic (exact) mass is 449 g/mol. The fraction of sp³-hybridized carbons (Fsp3) is 0.269. The maximum absolute atomic E-state index is 12.8. The van der Waals surface area contributed by atoms with Gasteiger partial charge in [0.25, 0.3) is 0 Å². The molecule has 0 spiro atoms. The van der Waals surface area contributed by atoms with Gasteiger partial charge in [-0.15, -0.1) is 0 Å². The van der Waals surface area contributed by atoms with Crippen molar-refractivity contribution in [3.8, 4) is 28.5 Å². The lowest BCUT2D eigenvalue weighted by Crippen LogP contribution is -2.08. The van der Waals surface area contributed by atoms with E-state index >= 15 is 0 Å². The van der Waals surface area contributed by atoms with Crippen LogP contribution in [0.15, 0.2) is 54.6 Å². The number of hydrogen-bond acceptors (Lipinski definition) is 7. The predicted octanol–water partition coefficient (Wildman–Crippen LogP) is 4.29. The summed E-state index contributed by atoms with van der Waals surface area (Å²) in [5.74, 6) is 0.976. The van der Waals surface area contributed by atoms with Gasteiger partial charge < -0.3 is 19.3 Å². The van der Waals surface area contributed by atoms with Gasteiger partial charge in [0.05, 0.1) is 20.8 Å². The van der Waals surface area contributed by atoms with Gasteiger partial charge in [-0.05, 0) is 37.3 Å². The largest absolute Gasteiger partial charge is 0.494 e. The minimum atomic E-state index is -0.228. The Morgan fingerprint density at radius 3 is 2.18 bits per heavy atom. The van der Waals surface area contributed by atoms with E-state index in [1.54, 1.807) is 37.4 Å². The summed E-state index contributed by atoms with van der Waals surface area (Å²) in [7, 11) is 3.03. The number of aliphatic hydroxyl groups excluding tert-OH is 1. The minimum Gasteiger partial charge on any atom is -0.494 e. The lowest BCUT2D eigenvalue weighted by atomic mass is 10.0. The maximum Gasteiger partial charge on any atom is 0.181 e. The van der Waals surface area contributed by atoms with Crippen molar-refractivity contribution in [2.75, 3.05) is 27.4 Å².